The van der Waals surface area contributed by atoms with Crippen molar-refractivity contribution in [3.05, 3.63) is 96.4 Å². The second kappa shape index (κ2) is 9.02. The number of nitrogens with one attached hydrogen (secondary N) is 2. The fourth-order valence-corrected chi connectivity index (χ4v) is 4.03. The van der Waals surface area contributed by atoms with Gasteiger partial charge in [0.15, 0.2) is 0 Å². The van der Waals surface area contributed by atoms with Crippen molar-refractivity contribution in [2.24, 2.45) is 0 Å². The first-order valence-corrected chi connectivity index (χ1v) is 11.0. The molecule has 3 heterocycles. The molecule has 0 amide bonds. The van der Waals surface area contributed by atoms with Gasteiger partial charge in [0.25, 0.3) is 0 Å². The number of aryl methyl sites for hydroxylation is 1. The molecule has 0 saturated carbocycles. The van der Waals surface area contributed by atoms with Crippen molar-refractivity contribution in [3.63, 3.8) is 0 Å². The lowest BCUT2D eigenvalue weighted by Gasteiger charge is -2.09. The third-order valence-corrected chi connectivity index (χ3v) is 5.71. The quantitative estimate of drug-likeness (QED) is 0.344. The molecule has 0 aliphatic heterocycles. The summed E-state index contributed by atoms with van der Waals surface area (Å²) in [6.45, 7) is 2.96. The fourth-order valence-electron chi connectivity index (χ4n) is 4.03. The Labute approximate surface area is 187 Å². The molecule has 0 unspecified atom stereocenters. The van der Waals surface area contributed by atoms with E-state index in [0.29, 0.717) is 5.95 Å². The van der Waals surface area contributed by atoms with Crippen LogP contribution in [0.3, 0.4) is 0 Å². The standard InChI is InChI=1S/C27H25N5/c1-2-20-10-6-7-11-22(20)21-16-23-24(18-31-26(23)30-17-21)25-13-15-29-27(32-25)28-14-12-19-8-4-3-5-9-19/h3-11,13,15-18H,2,12,14H2,1H3,(H,30,31)(H,28,29,32). The predicted octanol–water partition coefficient (Wildman–Crippen LogP) is 5.90. The van der Waals surface area contributed by atoms with Gasteiger partial charge in [-0.1, -0.05) is 61.5 Å². The molecule has 5 aromatic rings. The predicted molar refractivity (Wildman–Crippen MR) is 131 cm³/mol. The van der Waals surface area contributed by atoms with Gasteiger partial charge >= 0.3 is 0 Å². The number of hydrogen-bond donors (Lipinski definition) is 2. The van der Waals surface area contributed by atoms with Crippen LogP contribution < -0.4 is 5.32 Å². The highest BCUT2D eigenvalue weighted by Crippen LogP contribution is 2.31. The average Bonchev–Trinajstić information content (AvgIpc) is 3.28. The van der Waals surface area contributed by atoms with Gasteiger partial charge in [-0.05, 0) is 41.7 Å². The minimum absolute atomic E-state index is 0.633. The molecule has 2 aromatic carbocycles. The van der Waals surface area contributed by atoms with Gasteiger partial charge in [-0.2, -0.15) is 0 Å². The lowest BCUT2D eigenvalue weighted by Crippen LogP contribution is -2.08. The summed E-state index contributed by atoms with van der Waals surface area (Å²) >= 11 is 0. The van der Waals surface area contributed by atoms with Crippen LogP contribution in [-0.2, 0) is 12.8 Å². The molecular formula is C27H25N5. The third kappa shape index (κ3) is 4.10. The molecule has 32 heavy (non-hydrogen) atoms. The molecule has 158 valence electrons. The maximum absolute atomic E-state index is 4.76. The summed E-state index contributed by atoms with van der Waals surface area (Å²) in [4.78, 5) is 17.1. The molecule has 0 atom stereocenters. The van der Waals surface area contributed by atoms with E-state index < -0.39 is 0 Å². The Morgan fingerprint density at radius 3 is 2.62 bits per heavy atom. The minimum atomic E-state index is 0.633. The average molecular weight is 420 g/mol. The second-order valence-electron chi connectivity index (χ2n) is 7.76. The maximum atomic E-state index is 4.76. The summed E-state index contributed by atoms with van der Waals surface area (Å²) in [5, 5.41) is 4.41. The van der Waals surface area contributed by atoms with Gasteiger partial charge in [0.2, 0.25) is 5.95 Å². The fraction of sp³-hybridized carbons (Fsp3) is 0.148. The summed E-state index contributed by atoms with van der Waals surface area (Å²) in [6, 6.07) is 23.1. The number of hydrogen-bond acceptors (Lipinski definition) is 4. The van der Waals surface area contributed by atoms with Gasteiger partial charge in [0, 0.05) is 41.6 Å². The van der Waals surface area contributed by atoms with E-state index in [9.17, 15) is 0 Å². The lowest BCUT2D eigenvalue weighted by molar-refractivity contribution is 0.985. The minimum Gasteiger partial charge on any atom is -0.354 e. The molecule has 0 bridgehead atoms. The summed E-state index contributed by atoms with van der Waals surface area (Å²) in [5.74, 6) is 0.633. The Kier molecular flexibility index (Phi) is 5.62. The Balaban J connectivity index is 1.42. The van der Waals surface area contributed by atoms with E-state index in [1.807, 2.05) is 24.5 Å². The number of pyridine rings is 1. The summed E-state index contributed by atoms with van der Waals surface area (Å²) in [5.41, 5.74) is 7.70. The first-order chi connectivity index (χ1) is 15.8. The van der Waals surface area contributed by atoms with E-state index in [1.54, 1.807) is 6.20 Å². The molecule has 0 fully saturated rings. The van der Waals surface area contributed by atoms with Crippen LogP contribution in [0.2, 0.25) is 0 Å². The highest BCUT2D eigenvalue weighted by molar-refractivity contribution is 5.95. The van der Waals surface area contributed by atoms with Crippen LogP contribution in [0.5, 0.6) is 0 Å². The second-order valence-corrected chi connectivity index (χ2v) is 7.76. The number of fused-ring (bicyclic) bond motifs is 1. The monoisotopic (exact) mass is 419 g/mol. The van der Waals surface area contributed by atoms with Crippen molar-refractivity contribution in [2.75, 3.05) is 11.9 Å². The number of H-pyrrole nitrogens is 1. The molecule has 0 spiro atoms. The highest BCUT2D eigenvalue weighted by atomic mass is 15.1. The van der Waals surface area contributed by atoms with Crippen molar-refractivity contribution in [3.8, 4) is 22.4 Å². The van der Waals surface area contributed by atoms with E-state index in [-0.39, 0.29) is 0 Å². The van der Waals surface area contributed by atoms with Gasteiger partial charge in [-0.25, -0.2) is 15.0 Å². The molecular weight excluding hydrogens is 394 g/mol. The molecule has 0 radical (unpaired) electrons. The normalized spacial score (nSPS) is 11.0. The zero-order valence-electron chi connectivity index (χ0n) is 18.0. The van der Waals surface area contributed by atoms with Gasteiger partial charge in [-0.15, -0.1) is 0 Å². The van der Waals surface area contributed by atoms with Crippen molar-refractivity contribution in [1.29, 1.82) is 0 Å². The van der Waals surface area contributed by atoms with E-state index in [1.165, 1.54) is 16.7 Å². The van der Waals surface area contributed by atoms with Crippen LogP contribution in [0.15, 0.2) is 85.3 Å². The molecule has 2 N–H and O–H groups in total. The summed E-state index contributed by atoms with van der Waals surface area (Å²) in [7, 11) is 0. The number of anilines is 1. The molecule has 0 saturated heterocycles. The lowest BCUT2D eigenvalue weighted by atomic mass is 9.98. The molecule has 0 aliphatic carbocycles. The van der Waals surface area contributed by atoms with E-state index in [4.69, 9.17) is 4.98 Å². The van der Waals surface area contributed by atoms with Crippen LogP contribution in [0.1, 0.15) is 18.1 Å². The highest BCUT2D eigenvalue weighted by Gasteiger charge is 2.12. The number of nitrogens with zero attached hydrogens (tertiary/aromatic N) is 3. The molecule has 5 nitrogen and oxygen atoms in total. The molecule has 5 rings (SSSR count). The summed E-state index contributed by atoms with van der Waals surface area (Å²) in [6.07, 6.45) is 7.62. The van der Waals surface area contributed by atoms with E-state index in [2.05, 4.69) is 81.8 Å². The summed E-state index contributed by atoms with van der Waals surface area (Å²) < 4.78 is 0. The topological polar surface area (TPSA) is 66.5 Å². The number of aromatic nitrogens is 4. The van der Waals surface area contributed by atoms with Crippen LogP contribution in [0.25, 0.3) is 33.4 Å². The largest absolute Gasteiger partial charge is 0.354 e. The Bertz CT molecular complexity index is 1340. The van der Waals surface area contributed by atoms with Crippen LogP contribution in [-0.4, -0.2) is 26.5 Å². The number of rotatable bonds is 7. The van der Waals surface area contributed by atoms with Crippen LogP contribution in [0, 0.1) is 0 Å². The van der Waals surface area contributed by atoms with Crippen LogP contribution >= 0.6 is 0 Å². The van der Waals surface area contributed by atoms with E-state index >= 15 is 0 Å². The maximum Gasteiger partial charge on any atom is 0.223 e. The van der Waals surface area contributed by atoms with Crippen molar-refractivity contribution < 1.29 is 0 Å². The van der Waals surface area contributed by atoms with Crippen molar-refractivity contribution >= 4 is 17.0 Å². The van der Waals surface area contributed by atoms with Crippen molar-refractivity contribution in [2.45, 2.75) is 19.8 Å². The molecule has 3 aromatic heterocycles. The van der Waals surface area contributed by atoms with Gasteiger partial charge < -0.3 is 10.3 Å². The first-order valence-electron chi connectivity index (χ1n) is 11.0. The van der Waals surface area contributed by atoms with E-state index in [0.717, 1.165) is 47.2 Å². The molecule has 0 aliphatic rings. The van der Waals surface area contributed by atoms with Crippen molar-refractivity contribution in [1.82, 2.24) is 19.9 Å². The molecule has 5 heteroatoms. The van der Waals surface area contributed by atoms with Gasteiger partial charge in [0.1, 0.15) is 5.65 Å². The Morgan fingerprint density at radius 2 is 1.75 bits per heavy atom. The Hall–Kier alpha value is -3.99. The van der Waals surface area contributed by atoms with Gasteiger partial charge in [0.05, 0.1) is 5.69 Å². The SMILES string of the molecule is CCc1ccccc1-c1cnc2[nH]cc(-c3ccnc(NCCc4ccccc4)n3)c2c1. The van der Waals surface area contributed by atoms with Crippen LogP contribution in [0.4, 0.5) is 5.95 Å². The zero-order chi connectivity index (χ0) is 21.8. The smallest absolute Gasteiger partial charge is 0.223 e. The first kappa shape index (κ1) is 19.9. The number of aromatic amines is 1. The number of benzene rings is 2. The zero-order valence-corrected chi connectivity index (χ0v) is 18.0. The van der Waals surface area contributed by atoms with Gasteiger partial charge in [-0.3, -0.25) is 0 Å². The Morgan fingerprint density at radius 1 is 0.906 bits per heavy atom. The third-order valence-electron chi connectivity index (χ3n) is 5.71.